The predicted molar refractivity (Wildman–Crippen MR) is 47.7 cm³/mol. The van der Waals surface area contributed by atoms with E-state index in [1.54, 1.807) is 0 Å². The standard InChI is InChI=1S/C10H16NO/c1-2-3-10-4-6-11(7-5-10)8-9-12/h4-7,12H,2-3,8-9H2,1H3/q+1. The summed E-state index contributed by atoms with van der Waals surface area (Å²) in [5.74, 6) is 0. The molecule has 0 saturated heterocycles. The fraction of sp³-hybridized carbons (Fsp3) is 0.500. The van der Waals surface area contributed by atoms with Crippen molar-refractivity contribution in [3.8, 4) is 0 Å². The van der Waals surface area contributed by atoms with Gasteiger partial charge in [-0.05, 0) is 12.0 Å². The zero-order chi connectivity index (χ0) is 8.81. The highest BCUT2D eigenvalue weighted by Crippen LogP contribution is 1.98. The fourth-order valence-electron chi connectivity index (χ4n) is 1.21. The third kappa shape index (κ3) is 2.62. The Labute approximate surface area is 73.5 Å². The summed E-state index contributed by atoms with van der Waals surface area (Å²) < 4.78 is 1.99. The maximum atomic E-state index is 8.67. The van der Waals surface area contributed by atoms with Crippen LogP contribution in [0, 0.1) is 0 Å². The lowest BCUT2D eigenvalue weighted by molar-refractivity contribution is -0.698. The van der Waals surface area contributed by atoms with Gasteiger partial charge in [0.25, 0.3) is 0 Å². The number of nitrogens with zero attached hydrogens (tertiary/aromatic N) is 1. The van der Waals surface area contributed by atoms with Gasteiger partial charge in [0, 0.05) is 12.1 Å². The first-order valence-corrected chi connectivity index (χ1v) is 4.45. The van der Waals surface area contributed by atoms with Crippen molar-refractivity contribution in [2.45, 2.75) is 26.3 Å². The number of hydrogen-bond donors (Lipinski definition) is 1. The number of pyridine rings is 1. The summed E-state index contributed by atoms with van der Waals surface area (Å²) in [4.78, 5) is 0. The topological polar surface area (TPSA) is 24.1 Å². The van der Waals surface area contributed by atoms with Crippen molar-refractivity contribution in [2.75, 3.05) is 6.61 Å². The molecule has 1 heterocycles. The van der Waals surface area contributed by atoms with Crippen LogP contribution in [0.4, 0.5) is 0 Å². The van der Waals surface area contributed by atoms with Crippen molar-refractivity contribution >= 4 is 0 Å². The van der Waals surface area contributed by atoms with Crippen LogP contribution in [-0.2, 0) is 13.0 Å². The SMILES string of the molecule is CCCc1cc[n+](CCO)cc1. The number of aliphatic hydroxyl groups is 1. The highest BCUT2D eigenvalue weighted by molar-refractivity contribution is 5.06. The maximum Gasteiger partial charge on any atom is 0.171 e. The highest BCUT2D eigenvalue weighted by Gasteiger charge is 1.97. The fourth-order valence-corrected chi connectivity index (χ4v) is 1.21. The van der Waals surface area contributed by atoms with Gasteiger partial charge in [0.05, 0.1) is 0 Å². The third-order valence-electron chi connectivity index (χ3n) is 1.86. The van der Waals surface area contributed by atoms with Gasteiger partial charge in [-0.2, -0.15) is 0 Å². The average Bonchev–Trinajstić information content (AvgIpc) is 2.09. The molecule has 0 fully saturated rings. The lowest BCUT2D eigenvalue weighted by atomic mass is 10.2. The largest absolute Gasteiger partial charge is 0.390 e. The second kappa shape index (κ2) is 4.88. The van der Waals surface area contributed by atoms with Crippen molar-refractivity contribution in [3.63, 3.8) is 0 Å². The van der Waals surface area contributed by atoms with Gasteiger partial charge < -0.3 is 5.11 Å². The molecule has 0 aliphatic heterocycles. The zero-order valence-electron chi connectivity index (χ0n) is 7.53. The summed E-state index contributed by atoms with van der Waals surface area (Å²) in [7, 11) is 0. The molecular weight excluding hydrogens is 150 g/mol. The molecule has 0 amide bonds. The van der Waals surface area contributed by atoms with Crippen LogP contribution in [0.3, 0.4) is 0 Å². The third-order valence-corrected chi connectivity index (χ3v) is 1.86. The van der Waals surface area contributed by atoms with E-state index in [0.29, 0.717) is 6.54 Å². The minimum Gasteiger partial charge on any atom is -0.390 e. The molecule has 0 bridgehead atoms. The molecule has 0 aliphatic carbocycles. The van der Waals surface area contributed by atoms with Gasteiger partial charge in [0.2, 0.25) is 0 Å². The molecule has 66 valence electrons. The second-order valence-corrected chi connectivity index (χ2v) is 2.92. The summed E-state index contributed by atoms with van der Waals surface area (Å²) in [6, 6.07) is 4.22. The van der Waals surface area contributed by atoms with Crippen LogP contribution >= 0.6 is 0 Å². The first kappa shape index (κ1) is 9.20. The van der Waals surface area contributed by atoms with E-state index in [4.69, 9.17) is 5.11 Å². The van der Waals surface area contributed by atoms with Crippen LogP contribution in [0.2, 0.25) is 0 Å². The van der Waals surface area contributed by atoms with Gasteiger partial charge >= 0.3 is 0 Å². The summed E-state index contributed by atoms with van der Waals surface area (Å²) >= 11 is 0. The van der Waals surface area contributed by atoms with E-state index in [0.717, 1.165) is 6.42 Å². The molecule has 0 spiro atoms. The smallest absolute Gasteiger partial charge is 0.171 e. The van der Waals surface area contributed by atoms with Gasteiger partial charge in [-0.1, -0.05) is 13.3 Å². The van der Waals surface area contributed by atoms with Gasteiger partial charge in [-0.25, -0.2) is 4.57 Å². The Bertz CT molecular complexity index is 193. The molecule has 0 radical (unpaired) electrons. The molecule has 0 aliphatic rings. The zero-order valence-corrected chi connectivity index (χ0v) is 7.53. The molecule has 1 N–H and O–H groups in total. The first-order valence-electron chi connectivity index (χ1n) is 4.45. The van der Waals surface area contributed by atoms with Crippen LogP contribution in [0.25, 0.3) is 0 Å². The number of rotatable bonds is 4. The van der Waals surface area contributed by atoms with Crippen LogP contribution in [0.1, 0.15) is 18.9 Å². The van der Waals surface area contributed by atoms with E-state index in [1.807, 2.05) is 17.0 Å². The number of aliphatic hydroxyl groups excluding tert-OH is 1. The Hall–Kier alpha value is -0.890. The Morgan fingerprint density at radius 2 is 2.00 bits per heavy atom. The van der Waals surface area contributed by atoms with Crippen LogP contribution in [-0.4, -0.2) is 11.7 Å². The number of hydrogen-bond acceptors (Lipinski definition) is 1. The monoisotopic (exact) mass is 166 g/mol. The summed E-state index contributed by atoms with van der Waals surface area (Å²) in [6.07, 6.45) is 6.35. The number of aryl methyl sites for hydroxylation is 1. The average molecular weight is 166 g/mol. The lowest BCUT2D eigenvalue weighted by Crippen LogP contribution is -2.34. The van der Waals surface area contributed by atoms with Crippen molar-refractivity contribution < 1.29 is 9.67 Å². The molecule has 0 unspecified atom stereocenters. The van der Waals surface area contributed by atoms with Gasteiger partial charge in [0.15, 0.2) is 18.9 Å². The summed E-state index contributed by atoms with van der Waals surface area (Å²) in [5.41, 5.74) is 1.37. The van der Waals surface area contributed by atoms with Gasteiger partial charge in [0.1, 0.15) is 6.61 Å². The lowest BCUT2D eigenvalue weighted by Gasteiger charge is -1.96. The molecule has 0 atom stereocenters. The maximum absolute atomic E-state index is 8.67. The van der Waals surface area contributed by atoms with Crippen molar-refractivity contribution in [1.82, 2.24) is 0 Å². The molecular formula is C10H16NO+. The van der Waals surface area contributed by atoms with Gasteiger partial charge in [-0.3, -0.25) is 0 Å². The molecule has 0 aromatic carbocycles. The molecule has 1 aromatic rings. The van der Waals surface area contributed by atoms with E-state index < -0.39 is 0 Å². The van der Waals surface area contributed by atoms with Crippen molar-refractivity contribution in [3.05, 3.63) is 30.1 Å². The van der Waals surface area contributed by atoms with Crippen LogP contribution in [0.15, 0.2) is 24.5 Å². The van der Waals surface area contributed by atoms with Crippen molar-refractivity contribution in [1.29, 1.82) is 0 Å². The molecule has 2 heteroatoms. The normalized spacial score (nSPS) is 10.2. The Morgan fingerprint density at radius 3 is 2.50 bits per heavy atom. The predicted octanol–water partition coefficient (Wildman–Crippen LogP) is 0.919. The Morgan fingerprint density at radius 1 is 1.33 bits per heavy atom. The van der Waals surface area contributed by atoms with E-state index in [-0.39, 0.29) is 6.61 Å². The molecule has 1 rings (SSSR count). The first-order chi connectivity index (χ1) is 5.86. The van der Waals surface area contributed by atoms with Gasteiger partial charge in [-0.15, -0.1) is 0 Å². The summed E-state index contributed by atoms with van der Waals surface area (Å²) in [5, 5.41) is 8.67. The van der Waals surface area contributed by atoms with E-state index in [1.165, 1.54) is 12.0 Å². The Balaban J connectivity index is 2.58. The second-order valence-electron chi connectivity index (χ2n) is 2.92. The van der Waals surface area contributed by atoms with Crippen molar-refractivity contribution in [2.24, 2.45) is 0 Å². The molecule has 1 aromatic heterocycles. The quantitative estimate of drug-likeness (QED) is 0.661. The van der Waals surface area contributed by atoms with E-state index in [2.05, 4.69) is 19.1 Å². The van der Waals surface area contributed by atoms with Crippen LogP contribution < -0.4 is 4.57 Å². The van der Waals surface area contributed by atoms with E-state index in [9.17, 15) is 0 Å². The molecule has 2 nitrogen and oxygen atoms in total. The van der Waals surface area contributed by atoms with Crippen LogP contribution in [0.5, 0.6) is 0 Å². The van der Waals surface area contributed by atoms with E-state index >= 15 is 0 Å². The molecule has 0 saturated carbocycles. The minimum atomic E-state index is 0.206. The molecule has 12 heavy (non-hydrogen) atoms. The number of aromatic nitrogens is 1. The summed E-state index contributed by atoms with van der Waals surface area (Å²) in [6.45, 7) is 3.07. The Kier molecular flexibility index (Phi) is 3.74. The highest BCUT2D eigenvalue weighted by atomic mass is 16.3. The minimum absolute atomic E-state index is 0.206.